The first-order valence-corrected chi connectivity index (χ1v) is 8.49. The third-order valence-corrected chi connectivity index (χ3v) is 2.89. The average Bonchev–Trinajstić information content (AvgIpc) is 2.16. The van der Waals surface area contributed by atoms with E-state index in [1.54, 1.807) is 6.20 Å². The SMILES string of the molecule is C[Si](C)(C)Oc1cccc2cnccc12. The number of hydrogen-bond acceptors (Lipinski definition) is 2. The van der Waals surface area contributed by atoms with E-state index >= 15 is 0 Å². The van der Waals surface area contributed by atoms with Crippen LogP contribution in [0.3, 0.4) is 0 Å². The molecule has 1 heterocycles. The van der Waals surface area contributed by atoms with Gasteiger partial charge in [-0.25, -0.2) is 0 Å². The normalized spacial score (nSPS) is 11.7. The predicted molar refractivity (Wildman–Crippen MR) is 65.7 cm³/mol. The van der Waals surface area contributed by atoms with Crippen molar-refractivity contribution >= 4 is 19.1 Å². The molecule has 0 saturated carbocycles. The minimum absolute atomic E-state index is 0.981. The van der Waals surface area contributed by atoms with Crippen molar-refractivity contribution in [3.63, 3.8) is 0 Å². The third-order valence-electron chi connectivity index (χ3n) is 2.06. The topological polar surface area (TPSA) is 22.1 Å². The van der Waals surface area contributed by atoms with Gasteiger partial charge in [-0.15, -0.1) is 0 Å². The summed E-state index contributed by atoms with van der Waals surface area (Å²) >= 11 is 0. The molecule has 0 saturated heterocycles. The van der Waals surface area contributed by atoms with Crippen LogP contribution in [0.25, 0.3) is 10.8 Å². The van der Waals surface area contributed by atoms with Crippen LogP contribution in [0.4, 0.5) is 0 Å². The molecule has 2 rings (SSSR count). The maximum Gasteiger partial charge on any atom is 0.242 e. The van der Waals surface area contributed by atoms with E-state index in [1.807, 2.05) is 24.4 Å². The second kappa shape index (κ2) is 3.66. The van der Waals surface area contributed by atoms with Gasteiger partial charge < -0.3 is 4.43 Å². The van der Waals surface area contributed by atoms with E-state index in [9.17, 15) is 0 Å². The molecular weight excluding hydrogens is 202 g/mol. The fourth-order valence-corrected chi connectivity index (χ4v) is 2.35. The lowest BCUT2D eigenvalue weighted by Crippen LogP contribution is -2.29. The van der Waals surface area contributed by atoms with Crippen LogP contribution in [0.15, 0.2) is 36.7 Å². The third kappa shape index (κ3) is 2.36. The number of benzene rings is 1. The quantitative estimate of drug-likeness (QED) is 0.719. The molecule has 0 aliphatic heterocycles. The molecule has 0 unspecified atom stereocenters. The molecule has 0 spiro atoms. The van der Waals surface area contributed by atoms with Crippen LogP contribution in [-0.4, -0.2) is 13.3 Å². The summed E-state index contributed by atoms with van der Waals surface area (Å²) in [6.07, 6.45) is 3.67. The van der Waals surface area contributed by atoms with Crippen LogP contribution >= 0.6 is 0 Å². The molecule has 0 N–H and O–H groups in total. The summed E-state index contributed by atoms with van der Waals surface area (Å²) in [5.74, 6) is 0.981. The standard InChI is InChI=1S/C12H15NOSi/c1-15(2,3)14-12-6-4-5-10-9-13-8-7-11(10)12/h4-9H,1-3H3. The summed E-state index contributed by atoms with van der Waals surface area (Å²) in [7, 11) is -1.54. The molecular formula is C12H15NOSi. The van der Waals surface area contributed by atoms with Gasteiger partial charge in [0.2, 0.25) is 8.32 Å². The van der Waals surface area contributed by atoms with Crippen LogP contribution in [0.1, 0.15) is 0 Å². The van der Waals surface area contributed by atoms with Gasteiger partial charge in [-0.2, -0.15) is 0 Å². The summed E-state index contributed by atoms with van der Waals surface area (Å²) < 4.78 is 6.03. The highest BCUT2D eigenvalue weighted by Gasteiger charge is 2.17. The van der Waals surface area contributed by atoms with Gasteiger partial charge in [-0.1, -0.05) is 12.1 Å². The summed E-state index contributed by atoms with van der Waals surface area (Å²) in [5, 5.41) is 2.28. The number of hydrogen-bond donors (Lipinski definition) is 0. The molecule has 0 aliphatic rings. The van der Waals surface area contributed by atoms with Gasteiger partial charge in [-0.3, -0.25) is 4.98 Å². The van der Waals surface area contributed by atoms with Crippen LogP contribution in [0.2, 0.25) is 19.6 Å². The Bertz CT molecular complexity index is 471. The average molecular weight is 217 g/mol. The Morgan fingerprint density at radius 3 is 2.67 bits per heavy atom. The Kier molecular flexibility index (Phi) is 2.48. The highest BCUT2D eigenvalue weighted by molar-refractivity contribution is 6.70. The Balaban J connectivity index is 2.52. The summed E-state index contributed by atoms with van der Waals surface area (Å²) in [5.41, 5.74) is 0. The van der Waals surface area contributed by atoms with Gasteiger partial charge in [0.1, 0.15) is 5.75 Å². The molecule has 0 fully saturated rings. The monoisotopic (exact) mass is 217 g/mol. The lowest BCUT2D eigenvalue weighted by Gasteiger charge is -2.20. The van der Waals surface area contributed by atoms with Crippen LogP contribution < -0.4 is 4.43 Å². The number of fused-ring (bicyclic) bond motifs is 1. The van der Waals surface area contributed by atoms with Crippen molar-refractivity contribution in [1.29, 1.82) is 0 Å². The molecule has 0 bridgehead atoms. The lowest BCUT2D eigenvalue weighted by atomic mass is 10.2. The van der Waals surface area contributed by atoms with Crippen molar-refractivity contribution in [2.24, 2.45) is 0 Å². The van der Waals surface area contributed by atoms with Crippen molar-refractivity contribution < 1.29 is 4.43 Å². The Morgan fingerprint density at radius 1 is 1.13 bits per heavy atom. The molecule has 3 heteroatoms. The van der Waals surface area contributed by atoms with E-state index in [0.29, 0.717) is 0 Å². The van der Waals surface area contributed by atoms with Crippen molar-refractivity contribution in [3.8, 4) is 5.75 Å². The van der Waals surface area contributed by atoms with E-state index in [2.05, 4.69) is 30.7 Å². The minimum atomic E-state index is -1.54. The Morgan fingerprint density at radius 2 is 1.93 bits per heavy atom. The smallest absolute Gasteiger partial charge is 0.242 e. The van der Waals surface area contributed by atoms with Crippen LogP contribution in [0.5, 0.6) is 5.75 Å². The van der Waals surface area contributed by atoms with E-state index in [4.69, 9.17) is 4.43 Å². The number of pyridine rings is 1. The van der Waals surface area contributed by atoms with Crippen molar-refractivity contribution in [3.05, 3.63) is 36.7 Å². The summed E-state index contributed by atoms with van der Waals surface area (Å²) in [6, 6.07) is 8.10. The summed E-state index contributed by atoms with van der Waals surface area (Å²) in [6.45, 7) is 6.56. The van der Waals surface area contributed by atoms with Gasteiger partial charge in [-0.05, 0) is 31.8 Å². The molecule has 0 atom stereocenters. The largest absolute Gasteiger partial charge is 0.544 e. The fourth-order valence-electron chi connectivity index (χ4n) is 1.51. The van der Waals surface area contributed by atoms with Crippen molar-refractivity contribution in [2.75, 3.05) is 0 Å². The first-order valence-electron chi connectivity index (χ1n) is 5.08. The molecule has 2 nitrogen and oxygen atoms in total. The van der Waals surface area contributed by atoms with Crippen molar-refractivity contribution in [1.82, 2.24) is 4.98 Å². The van der Waals surface area contributed by atoms with E-state index < -0.39 is 8.32 Å². The van der Waals surface area contributed by atoms with Gasteiger partial charge in [0.25, 0.3) is 0 Å². The summed E-state index contributed by atoms with van der Waals surface area (Å²) in [4.78, 5) is 4.11. The molecule has 0 aliphatic carbocycles. The van der Waals surface area contributed by atoms with Gasteiger partial charge in [0.15, 0.2) is 0 Å². The first kappa shape index (κ1) is 10.2. The maximum atomic E-state index is 6.03. The van der Waals surface area contributed by atoms with Gasteiger partial charge >= 0.3 is 0 Å². The second-order valence-corrected chi connectivity index (χ2v) is 9.00. The molecule has 78 valence electrons. The predicted octanol–water partition coefficient (Wildman–Crippen LogP) is 3.45. The molecule has 1 aromatic heterocycles. The molecule has 2 aromatic rings. The molecule has 0 amide bonds. The van der Waals surface area contributed by atoms with Crippen LogP contribution in [-0.2, 0) is 0 Å². The van der Waals surface area contributed by atoms with E-state index in [0.717, 1.165) is 16.5 Å². The zero-order valence-electron chi connectivity index (χ0n) is 9.32. The lowest BCUT2D eigenvalue weighted by molar-refractivity contribution is 0.564. The van der Waals surface area contributed by atoms with Crippen molar-refractivity contribution in [2.45, 2.75) is 19.6 Å². The Hall–Kier alpha value is -1.35. The molecule has 1 aromatic carbocycles. The highest BCUT2D eigenvalue weighted by Crippen LogP contribution is 2.26. The van der Waals surface area contributed by atoms with E-state index in [-0.39, 0.29) is 0 Å². The second-order valence-electron chi connectivity index (χ2n) is 4.57. The fraction of sp³-hybridized carbons (Fsp3) is 0.250. The Labute approximate surface area is 91.0 Å². The maximum absolute atomic E-state index is 6.03. The van der Waals surface area contributed by atoms with Crippen LogP contribution in [0, 0.1) is 0 Å². The first-order chi connectivity index (χ1) is 7.06. The zero-order valence-corrected chi connectivity index (χ0v) is 10.3. The number of aromatic nitrogens is 1. The highest BCUT2D eigenvalue weighted by atomic mass is 28.4. The van der Waals surface area contributed by atoms with Gasteiger partial charge in [0, 0.05) is 23.2 Å². The number of rotatable bonds is 2. The van der Waals surface area contributed by atoms with E-state index in [1.165, 1.54) is 0 Å². The molecule has 15 heavy (non-hydrogen) atoms. The molecule has 0 radical (unpaired) electrons. The zero-order chi connectivity index (χ0) is 10.9. The number of nitrogens with zero attached hydrogens (tertiary/aromatic N) is 1. The van der Waals surface area contributed by atoms with Gasteiger partial charge in [0.05, 0.1) is 0 Å². The minimum Gasteiger partial charge on any atom is -0.544 e.